The Morgan fingerprint density at radius 1 is 0.966 bits per heavy atom. The lowest BCUT2D eigenvalue weighted by atomic mass is 9.97. The van der Waals surface area contributed by atoms with Crippen LogP contribution in [0.4, 0.5) is 5.69 Å². The van der Waals surface area contributed by atoms with Crippen molar-refractivity contribution in [2.45, 2.75) is 18.6 Å². The molecule has 0 aliphatic carbocycles. The van der Waals surface area contributed by atoms with E-state index in [0.717, 1.165) is 0 Å². The van der Waals surface area contributed by atoms with Crippen molar-refractivity contribution in [2.24, 2.45) is 5.92 Å². The van der Waals surface area contributed by atoms with Crippen molar-refractivity contribution in [3.63, 3.8) is 0 Å². The monoisotopic (exact) mass is 494 g/mol. The van der Waals surface area contributed by atoms with Gasteiger partial charge in [-0.15, -0.1) is 0 Å². The number of amides is 1. The Balaban J connectivity index is 1.58. The number of nitrogens with one attached hydrogen (secondary N) is 1. The largest absolute Gasteiger partial charge is 0.326 e. The minimum Gasteiger partial charge on any atom is -0.326 e. The summed E-state index contributed by atoms with van der Waals surface area (Å²) in [5, 5.41) is 4.33. The Morgan fingerprint density at radius 3 is 2.28 bits per heavy atom. The highest BCUT2D eigenvalue weighted by Gasteiger charge is 2.31. The number of halogens is 4. The van der Waals surface area contributed by atoms with E-state index in [1.807, 2.05) is 0 Å². The third kappa shape index (κ3) is 5.78. The van der Waals surface area contributed by atoms with Crippen LogP contribution in [0.3, 0.4) is 0 Å². The maximum absolute atomic E-state index is 12.7. The summed E-state index contributed by atoms with van der Waals surface area (Å²) in [6.45, 7) is 0.542. The number of benzene rings is 2. The van der Waals surface area contributed by atoms with Crippen LogP contribution in [0.25, 0.3) is 0 Å². The molecule has 0 spiro atoms. The van der Waals surface area contributed by atoms with Crippen LogP contribution in [0.2, 0.25) is 20.1 Å². The molecule has 1 saturated heterocycles. The van der Waals surface area contributed by atoms with Crippen LogP contribution in [0, 0.1) is 5.92 Å². The van der Waals surface area contributed by atoms with E-state index in [2.05, 4.69) is 5.32 Å². The molecule has 0 atom stereocenters. The number of hydrogen-bond donors (Lipinski definition) is 1. The first-order valence-electron chi connectivity index (χ1n) is 8.83. The van der Waals surface area contributed by atoms with Gasteiger partial charge in [-0.05, 0) is 48.7 Å². The van der Waals surface area contributed by atoms with Crippen molar-refractivity contribution in [3.8, 4) is 0 Å². The van der Waals surface area contributed by atoms with E-state index in [1.54, 1.807) is 30.3 Å². The van der Waals surface area contributed by atoms with E-state index < -0.39 is 10.0 Å². The van der Waals surface area contributed by atoms with Crippen molar-refractivity contribution in [1.29, 1.82) is 0 Å². The summed E-state index contributed by atoms with van der Waals surface area (Å²) in [7, 11) is -3.55. The number of rotatable bonds is 5. The molecule has 1 amide bonds. The maximum atomic E-state index is 12.7. The number of nitrogens with zero attached hydrogens (tertiary/aromatic N) is 1. The predicted molar refractivity (Wildman–Crippen MR) is 118 cm³/mol. The van der Waals surface area contributed by atoms with Gasteiger partial charge in [0.15, 0.2) is 0 Å². The highest BCUT2D eigenvalue weighted by atomic mass is 35.5. The molecule has 0 unspecified atom stereocenters. The van der Waals surface area contributed by atoms with Crippen molar-refractivity contribution >= 4 is 68.0 Å². The zero-order chi connectivity index (χ0) is 21.2. The van der Waals surface area contributed by atoms with E-state index in [4.69, 9.17) is 46.4 Å². The summed E-state index contributed by atoms with van der Waals surface area (Å²) in [4.78, 5) is 12.5. The summed E-state index contributed by atoms with van der Waals surface area (Å²) in [5.74, 6) is -0.653. The van der Waals surface area contributed by atoms with Gasteiger partial charge in [0.1, 0.15) is 0 Å². The zero-order valence-corrected chi connectivity index (χ0v) is 19.0. The summed E-state index contributed by atoms with van der Waals surface area (Å²) < 4.78 is 26.9. The quantitative estimate of drug-likeness (QED) is 0.597. The molecule has 1 fully saturated rings. The molecule has 1 heterocycles. The first-order chi connectivity index (χ1) is 13.7. The Hall–Kier alpha value is -1.02. The van der Waals surface area contributed by atoms with E-state index in [1.165, 1.54) is 10.4 Å². The van der Waals surface area contributed by atoms with E-state index >= 15 is 0 Å². The van der Waals surface area contributed by atoms with Gasteiger partial charge in [0.05, 0.1) is 15.8 Å². The van der Waals surface area contributed by atoms with Gasteiger partial charge in [-0.25, -0.2) is 12.7 Å². The van der Waals surface area contributed by atoms with Crippen LogP contribution in [0.15, 0.2) is 36.4 Å². The van der Waals surface area contributed by atoms with Crippen LogP contribution in [-0.2, 0) is 20.6 Å². The molecule has 5 nitrogen and oxygen atoms in total. The third-order valence-corrected chi connectivity index (χ3v) is 7.91. The molecule has 156 valence electrons. The maximum Gasteiger partial charge on any atom is 0.227 e. The average molecular weight is 496 g/mol. The first-order valence-corrected chi connectivity index (χ1v) is 12.0. The summed E-state index contributed by atoms with van der Waals surface area (Å²) in [6.07, 6.45) is 0.863. The fraction of sp³-hybridized carbons (Fsp3) is 0.316. The Labute approximate surface area is 189 Å². The third-order valence-electron chi connectivity index (χ3n) is 4.76. The Kier molecular flexibility index (Phi) is 7.36. The smallest absolute Gasteiger partial charge is 0.227 e. The van der Waals surface area contributed by atoms with E-state index in [0.29, 0.717) is 44.2 Å². The van der Waals surface area contributed by atoms with Crippen molar-refractivity contribution in [2.75, 3.05) is 18.4 Å². The molecule has 2 aromatic rings. The second kappa shape index (κ2) is 9.41. The highest BCUT2D eigenvalue weighted by Crippen LogP contribution is 2.28. The number of sulfonamides is 1. The van der Waals surface area contributed by atoms with Gasteiger partial charge in [-0.2, -0.15) is 0 Å². The molecule has 1 aliphatic heterocycles. The SMILES string of the molecule is O=C(Nc1ccc(Cl)c(Cl)c1)C1CCN(S(=O)(=O)Cc2ccc(Cl)cc2Cl)CC1. The molecule has 29 heavy (non-hydrogen) atoms. The van der Waals surface area contributed by atoms with Crippen molar-refractivity contribution in [3.05, 3.63) is 62.1 Å². The van der Waals surface area contributed by atoms with Crippen molar-refractivity contribution < 1.29 is 13.2 Å². The second-order valence-corrected chi connectivity index (χ2v) is 10.4. The van der Waals surface area contributed by atoms with Gasteiger partial charge in [0.2, 0.25) is 15.9 Å². The minimum absolute atomic E-state index is 0.166. The van der Waals surface area contributed by atoms with Gasteiger partial charge < -0.3 is 5.32 Å². The second-order valence-electron chi connectivity index (χ2n) is 6.78. The van der Waals surface area contributed by atoms with Crippen LogP contribution in [0.1, 0.15) is 18.4 Å². The molecule has 3 rings (SSSR count). The number of hydrogen-bond acceptors (Lipinski definition) is 3. The minimum atomic E-state index is -3.55. The van der Waals surface area contributed by atoms with Gasteiger partial charge in [-0.3, -0.25) is 4.79 Å². The fourth-order valence-electron chi connectivity index (χ4n) is 3.14. The lowest BCUT2D eigenvalue weighted by Gasteiger charge is -2.30. The van der Waals surface area contributed by atoms with E-state index in [-0.39, 0.29) is 30.7 Å². The zero-order valence-electron chi connectivity index (χ0n) is 15.2. The summed E-state index contributed by atoms with van der Waals surface area (Å²) in [5.41, 5.74) is 1.05. The molecule has 0 radical (unpaired) electrons. The molecule has 10 heteroatoms. The lowest BCUT2D eigenvalue weighted by molar-refractivity contribution is -0.120. The van der Waals surface area contributed by atoms with Crippen LogP contribution in [-0.4, -0.2) is 31.7 Å². The molecule has 0 bridgehead atoms. The predicted octanol–water partition coefficient (Wildman–Crippen LogP) is 5.48. The topological polar surface area (TPSA) is 66.5 Å². The normalized spacial score (nSPS) is 16.0. The van der Waals surface area contributed by atoms with Crippen LogP contribution in [0.5, 0.6) is 0 Å². The van der Waals surface area contributed by atoms with Gasteiger partial charge >= 0.3 is 0 Å². The summed E-state index contributed by atoms with van der Waals surface area (Å²) >= 11 is 23.8. The van der Waals surface area contributed by atoms with Gasteiger partial charge in [-0.1, -0.05) is 52.5 Å². The number of carbonyl (C=O) groups excluding carboxylic acids is 1. The molecular formula is C19H18Cl4N2O3S. The average Bonchev–Trinajstić information content (AvgIpc) is 2.67. The standard InChI is InChI=1S/C19H18Cl4N2O3S/c20-14-2-1-13(17(22)9-14)11-29(27,28)25-7-5-12(6-8-25)19(26)24-15-3-4-16(21)18(23)10-15/h1-4,9-10,12H,5-8,11H2,(H,24,26). The first kappa shape index (κ1) is 22.7. The molecule has 0 aromatic heterocycles. The van der Waals surface area contributed by atoms with Crippen molar-refractivity contribution in [1.82, 2.24) is 4.31 Å². The van der Waals surface area contributed by atoms with E-state index in [9.17, 15) is 13.2 Å². The molecule has 1 N–H and O–H groups in total. The molecule has 1 aliphatic rings. The van der Waals surface area contributed by atoms with Crippen LogP contribution >= 0.6 is 46.4 Å². The highest BCUT2D eigenvalue weighted by molar-refractivity contribution is 7.88. The van der Waals surface area contributed by atoms with Gasteiger partial charge in [0, 0.05) is 34.7 Å². The number of anilines is 1. The Morgan fingerprint density at radius 2 is 1.66 bits per heavy atom. The molecule has 2 aromatic carbocycles. The number of carbonyl (C=O) groups is 1. The molecule has 0 saturated carbocycles. The van der Waals surface area contributed by atoms with Crippen LogP contribution < -0.4 is 5.32 Å². The summed E-state index contributed by atoms with van der Waals surface area (Å²) in [6, 6.07) is 9.60. The lowest BCUT2D eigenvalue weighted by Crippen LogP contribution is -2.41. The fourth-order valence-corrected chi connectivity index (χ4v) is 5.59. The molecular weight excluding hydrogens is 478 g/mol. The Bertz CT molecular complexity index is 1020. The van der Waals surface area contributed by atoms with Gasteiger partial charge in [0.25, 0.3) is 0 Å². The number of piperidine rings is 1.